The van der Waals surface area contributed by atoms with Gasteiger partial charge in [-0.2, -0.15) is 8.78 Å². The predicted octanol–water partition coefficient (Wildman–Crippen LogP) is 0.615. The fraction of sp³-hybridized carbons (Fsp3) is 0.938. The molecule has 0 aromatic heterocycles. The Bertz CT molecular complexity index is 540. The summed E-state index contributed by atoms with van der Waals surface area (Å²) < 4.78 is 53.3. The number of hydrogen-bond acceptors (Lipinski definition) is 7. The Morgan fingerprint density at radius 2 is 2.08 bits per heavy atom. The topological polar surface area (TPSA) is 81.2 Å². The van der Waals surface area contributed by atoms with Gasteiger partial charge in [-0.05, 0) is 32.2 Å². The highest BCUT2D eigenvalue weighted by atomic mass is 32.2. The van der Waals surface area contributed by atoms with Gasteiger partial charge in [-0.3, -0.25) is 9.20 Å². The second-order valence-electron chi connectivity index (χ2n) is 6.92. The number of alkyl halides is 2. The fourth-order valence-electron chi connectivity index (χ4n) is 4.08. The molecule has 1 aliphatic carbocycles. The van der Waals surface area contributed by atoms with Crippen LogP contribution >= 0.6 is 0 Å². The van der Waals surface area contributed by atoms with E-state index in [0.717, 1.165) is 13.0 Å². The Balaban J connectivity index is 1.56. The minimum atomic E-state index is -2.76. The van der Waals surface area contributed by atoms with Crippen molar-refractivity contribution >= 4 is 16.0 Å². The Morgan fingerprint density at radius 1 is 1.27 bits per heavy atom. The highest BCUT2D eigenvalue weighted by Gasteiger charge is 2.40. The van der Waals surface area contributed by atoms with Crippen LogP contribution in [0.1, 0.15) is 25.7 Å². The standard InChI is InChI=1S/C16H27F2N3O4S/c1-23-13-5-6-19-12(14(13)24-2)8-26(22)16-20-10-4-3-9(25-15(17)18)7-11(10)21-16/h9-15,19H,3-8H2,1-2H3,(H,20,21). The first-order valence-corrected chi connectivity index (χ1v) is 10.3. The molecule has 2 fully saturated rings. The molecule has 1 saturated heterocycles. The maximum atomic E-state index is 12.8. The smallest absolute Gasteiger partial charge is 0.345 e. The molecule has 1 saturated carbocycles. The van der Waals surface area contributed by atoms with Crippen LogP contribution in [0.5, 0.6) is 0 Å². The van der Waals surface area contributed by atoms with Crippen molar-refractivity contribution in [3.63, 3.8) is 0 Å². The minimum absolute atomic E-state index is 0.0178. The SMILES string of the molecule is COC1CCNC(CS(=O)C2=NC3CCC(OC(F)F)CC3N2)C1OC. The molecular weight excluding hydrogens is 368 g/mol. The zero-order valence-corrected chi connectivity index (χ0v) is 15.8. The van der Waals surface area contributed by atoms with Gasteiger partial charge in [-0.15, -0.1) is 0 Å². The summed E-state index contributed by atoms with van der Waals surface area (Å²) in [4.78, 5) is 4.54. The molecule has 3 rings (SSSR count). The van der Waals surface area contributed by atoms with Crippen LogP contribution in [0, 0.1) is 0 Å². The molecule has 0 radical (unpaired) electrons. The molecule has 0 bridgehead atoms. The average Bonchev–Trinajstić information content (AvgIpc) is 3.04. The molecule has 7 nitrogen and oxygen atoms in total. The normalized spacial score (nSPS) is 38.6. The van der Waals surface area contributed by atoms with Gasteiger partial charge >= 0.3 is 6.61 Å². The number of hydrogen-bond donors (Lipinski definition) is 2. The van der Waals surface area contributed by atoms with Gasteiger partial charge in [-0.25, -0.2) is 0 Å². The third kappa shape index (κ3) is 4.59. The lowest BCUT2D eigenvalue weighted by atomic mass is 9.89. The van der Waals surface area contributed by atoms with Crippen molar-refractivity contribution in [3.05, 3.63) is 0 Å². The van der Waals surface area contributed by atoms with Gasteiger partial charge in [0.1, 0.15) is 0 Å². The van der Waals surface area contributed by atoms with Crippen molar-refractivity contribution in [2.75, 3.05) is 26.5 Å². The summed E-state index contributed by atoms with van der Waals surface area (Å²) in [7, 11) is 1.96. The van der Waals surface area contributed by atoms with Crippen molar-refractivity contribution in [1.29, 1.82) is 0 Å². The van der Waals surface area contributed by atoms with Crippen molar-refractivity contribution in [2.45, 2.75) is 68.7 Å². The number of methoxy groups -OCH3 is 2. The van der Waals surface area contributed by atoms with Gasteiger partial charge in [0.2, 0.25) is 0 Å². The number of amidine groups is 1. The predicted molar refractivity (Wildman–Crippen MR) is 93.9 cm³/mol. The molecule has 2 aliphatic heterocycles. The first-order chi connectivity index (χ1) is 12.5. The van der Waals surface area contributed by atoms with Gasteiger partial charge in [0.25, 0.3) is 0 Å². The van der Waals surface area contributed by atoms with E-state index in [0.29, 0.717) is 30.2 Å². The third-order valence-corrected chi connectivity index (χ3v) is 6.69. The van der Waals surface area contributed by atoms with Gasteiger partial charge < -0.3 is 24.8 Å². The molecule has 3 aliphatic rings. The highest BCUT2D eigenvalue weighted by Crippen LogP contribution is 2.29. The summed E-state index contributed by atoms with van der Waals surface area (Å²) >= 11 is 0. The lowest BCUT2D eigenvalue weighted by Gasteiger charge is -2.36. The second-order valence-corrected chi connectivity index (χ2v) is 8.33. The monoisotopic (exact) mass is 395 g/mol. The Morgan fingerprint density at radius 3 is 2.77 bits per heavy atom. The molecule has 150 valence electrons. The number of rotatable bonds is 6. The highest BCUT2D eigenvalue weighted by molar-refractivity contribution is 8.00. The number of fused-ring (bicyclic) bond motifs is 1. The molecule has 0 aromatic rings. The van der Waals surface area contributed by atoms with Crippen LogP contribution < -0.4 is 10.6 Å². The molecule has 0 amide bonds. The lowest BCUT2D eigenvalue weighted by molar-refractivity contribution is -0.171. The Labute approximate surface area is 154 Å². The molecule has 7 unspecified atom stereocenters. The maximum absolute atomic E-state index is 12.8. The van der Waals surface area contributed by atoms with E-state index in [2.05, 4.69) is 20.4 Å². The van der Waals surface area contributed by atoms with Crippen molar-refractivity contribution in [1.82, 2.24) is 10.6 Å². The Kier molecular flexibility index (Phi) is 6.95. The molecule has 2 heterocycles. The van der Waals surface area contributed by atoms with Gasteiger partial charge in [0, 0.05) is 26.0 Å². The van der Waals surface area contributed by atoms with Crippen molar-refractivity contribution in [3.8, 4) is 0 Å². The number of nitrogens with zero attached hydrogens (tertiary/aromatic N) is 1. The van der Waals surface area contributed by atoms with Gasteiger partial charge in [0.05, 0.1) is 41.2 Å². The van der Waals surface area contributed by atoms with Crippen LogP contribution in [-0.2, 0) is 25.0 Å². The van der Waals surface area contributed by atoms with E-state index in [1.54, 1.807) is 14.2 Å². The summed E-state index contributed by atoms with van der Waals surface area (Å²) in [6.07, 6.45) is 1.81. The van der Waals surface area contributed by atoms with Crippen molar-refractivity contribution < 1.29 is 27.2 Å². The summed E-state index contributed by atoms with van der Waals surface area (Å²) in [6, 6.07) is -0.201. The zero-order chi connectivity index (χ0) is 18.7. The summed E-state index contributed by atoms with van der Waals surface area (Å²) in [5, 5.41) is 6.97. The molecular formula is C16H27F2N3O4S. The van der Waals surface area contributed by atoms with Crippen LogP contribution in [-0.4, -0.2) is 78.9 Å². The third-order valence-electron chi connectivity index (χ3n) is 5.37. The molecule has 7 atom stereocenters. The zero-order valence-electron chi connectivity index (χ0n) is 15.0. The van der Waals surface area contributed by atoms with E-state index in [1.807, 2.05) is 0 Å². The van der Waals surface area contributed by atoms with Crippen LogP contribution in [0.25, 0.3) is 0 Å². The molecule has 0 aromatic carbocycles. The summed E-state index contributed by atoms with van der Waals surface area (Å²) in [5.74, 6) is 0.362. The fourth-order valence-corrected chi connectivity index (χ4v) is 5.41. The van der Waals surface area contributed by atoms with Gasteiger partial charge in [0.15, 0.2) is 5.17 Å². The quantitative estimate of drug-likeness (QED) is 0.686. The number of aliphatic imine (C=N–C) groups is 1. The molecule has 26 heavy (non-hydrogen) atoms. The van der Waals surface area contributed by atoms with E-state index in [-0.39, 0.29) is 30.3 Å². The summed E-state index contributed by atoms with van der Waals surface area (Å²) in [6.45, 7) is -1.98. The number of halogens is 2. The van der Waals surface area contributed by atoms with E-state index < -0.39 is 23.5 Å². The Hall–Kier alpha value is -0.680. The number of piperidine rings is 1. The van der Waals surface area contributed by atoms with Crippen LogP contribution in [0.3, 0.4) is 0 Å². The number of ether oxygens (including phenoxy) is 3. The van der Waals surface area contributed by atoms with Crippen LogP contribution in [0.4, 0.5) is 8.78 Å². The molecule has 0 spiro atoms. The van der Waals surface area contributed by atoms with E-state index >= 15 is 0 Å². The van der Waals surface area contributed by atoms with Crippen LogP contribution in [0.2, 0.25) is 0 Å². The van der Waals surface area contributed by atoms with E-state index in [1.165, 1.54) is 0 Å². The largest absolute Gasteiger partial charge is 0.379 e. The number of nitrogens with one attached hydrogen (secondary N) is 2. The molecule has 2 N–H and O–H groups in total. The first kappa shape index (κ1) is 20.1. The minimum Gasteiger partial charge on any atom is -0.379 e. The maximum Gasteiger partial charge on any atom is 0.345 e. The van der Waals surface area contributed by atoms with Crippen molar-refractivity contribution in [2.24, 2.45) is 4.99 Å². The first-order valence-electron chi connectivity index (χ1n) is 8.97. The van der Waals surface area contributed by atoms with E-state index in [9.17, 15) is 13.0 Å². The summed E-state index contributed by atoms with van der Waals surface area (Å²) in [5.41, 5.74) is 0. The van der Waals surface area contributed by atoms with E-state index in [4.69, 9.17) is 9.47 Å². The second kappa shape index (κ2) is 9.01. The lowest BCUT2D eigenvalue weighted by Crippen LogP contribution is -2.56. The van der Waals surface area contributed by atoms with Gasteiger partial charge in [-0.1, -0.05) is 0 Å². The average molecular weight is 395 g/mol. The molecule has 10 heteroatoms. The van der Waals surface area contributed by atoms with Crippen LogP contribution in [0.15, 0.2) is 4.99 Å².